The van der Waals surface area contributed by atoms with Crippen molar-refractivity contribution in [3.05, 3.63) is 0 Å². The molecular weight excluding hydrogens is 214 g/mol. The first-order chi connectivity index (χ1) is 6.89. The predicted molar refractivity (Wildman–Crippen MR) is 61.2 cm³/mol. The third-order valence-corrected chi connectivity index (χ3v) is 3.33. The molecule has 0 aliphatic rings. The standard InChI is InChI=1S/C10H19NO3S/c1-4-10(5-2,6-3)11-8-7-9-15(12,13)14/h1,11H,5-9H2,2-3H3,(H,12,13,14). The Bertz CT molecular complexity index is 312. The quantitative estimate of drug-likeness (QED) is 0.392. The second-order valence-electron chi connectivity index (χ2n) is 3.50. The highest BCUT2D eigenvalue weighted by Gasteiger charge is 2.21. The van der Waals surface area contributed by atoms with Crippen molar-refractivity contribution in [1.29, 1.82) is 0 Å². The van der Waals surface area contributed by atoms with E-state index in [1.807, 2.05) is 13.8 Å². The van der Waals surface area contributed by atoms with Crippen molar-refractivity contribution >= 4 is 10.1 Å². The molecular formula is C10H19NO3S. The van der Waals surface area contributed by atoms with Crippen LogP contribution in [0, 0.1) is 12.3 Å². The molecule has 0 aromatic heterocycles. The van der Waals surface area contributed by atoms with Crippen LogP contribution in [0.15, 0.2) is 0 Å². The van der Waals surface area contributed by atoms with Gasteiger partial charge in [0.25, 0.3) is 10.1 Å². The van der Waals surface area contributed by atoms with E-state index in [0.29, 0.717) is 13.0 Å². The van der Waals surface area contributed by atoms with Crippen molar-refractivity contribution in [3.8, 4) is 12.3 Å². The molecule has 0 atom stereocenters. The molecule has 0 fully saturated rings. The third kappa shape index (κ3) is 5.78. The van der Waals surface area contributed by atoms with Gasteiger partial charge in [-0.1, -0.05) is 19.8 Å². The average Bonchev–Trinajstić information content (AvgIpc) is 2.18. The lowest BCUT2D eigenvalue weighted by atomic mass is 9.94. The summed E-state index contributed by atoms with van der Waals surface area (Å²) < 4.78 is 29.4. The maximum Gasteiger partial charge on any atom is 0.264 e. The van der Waals surface area contributed by atoms with Gasteiger partial charge in [-0.25, -0.2) is 0 Å². The number of terminal acetylenes is 1. The first-order valence-corrected chi connectivity index (χ1v) is 6.68. The van der Waals surface area contributed by atoms with Gasteiger partial charge in [-0.2, -0.15) is 8.42 Å². The molecule has 0 spiro atoms. The number of hydrogen-bond acceptors (Lipinski definition) is 3. The molecule has 0 aromatic rings. The van der Waals surface area contributed by atoms with Crippen LogP contribution in [-0.2, 0) is 10.1 Å². The Morgan fingerprint density at radius 3 is 2.27 bits per heavy atom. The van der Waals surface area contributed by atoms with Crippen molar-refractivity contribution < 1.29 is 13.0 Å². The van der Waals surface area contributed by atoms with Crippen molar-refractivity contribution in [1.82, 2.24) is 5.32 Å². The zero-order valence-electron chi connectivity index (χ0n) is 9.28. The Hall–Kier alpha value is -0.570. The highest BCUT2D eigenvalue weighted by Crippen LogP contribution is 2.13. The van der Waals surface area contributed by atoms with E-state index >= 15 is 0 Å². The summed E-state index contributed by atoms with van der Waals surface area (Å²) in [5.41, 5.74) is -0.348. The highest BCUT2D eigenvalue weighted by atomic mass is 32.2. The summed E-state index contributed by atoms with van der Waals surface area (Å²) in [6.45, 7) is 4.46. The van der Waals surface area contributed by atoms with Crippen LogP contribution in [-0.4, -0.2) is 30.8 Å². The molecule has 0 radical (unpaired) electrons. The molecule has 2 N–H and O–H groups in total. The molecule has 0 unspecified atom stereocenters. The van der Waals surface area contributed by atoms with E-state index in [1.165, 1.54) is 0 Å². The molecule has 0 rings (SSSR count). The lowest BCUT2D eigenvalue weighted by Crippen LogP contribution is -2.43. The molecule has 4 nitrogen and oxygen atoms in total. The summed E-state index contributed by atoms with van der Waals surface area (Å²) in [6.07, 6.45) is 7.38. The number of hydrogen-bond donors (Lipinski definition) is 2. The highest BCUT2D eigenvalue weighted by molar-refractivity contribution is 7.85. The third-order valence-electron chi connectivity index (χ3n) is 2.53. The van der Waals surface area contributed by atoms with Crippen LogP contribution >= 0.6 is 0 Å². The van der Waals surface area contributed by atoms with Crippen molar-refractivity contribution in [2.75, 3.05) is 12.3 Å². The molecule has 0 aliphatic carbocycles. The molecule has 0 heterocycles. The normalized spacial score (nSPS) is 12.4. The van der Waals surface area contributed by atoms with Crippen LogP contribution in [0.1, 0.15) is 33.1 Å². The zero-order chi connectivity index (χ0) is 11.9. The van der Waals surface area contributed by atoms with Gasteiger partial charge in [0.1, 0.15) is 0 Å². The molecule has 0 aliphatic heterocycles. The van der Waals surface area contributed by atoms with Crippen LogP contribution in [0.5, 0.6) is 0 Å². The van der Waals surface area contributed by atoms with E-state index in [2.05, 4.69) is 11.2 Å². The summed E-state index contributed by atoms with van der Waals surface area (Å²) >= 11 is 0. The smallest absolute Gasteiger partial charge is 0.264 e. The Labute approximate surface area is 92.2 Å². The first-order valence-electron chi connectivity index (χ1n) is 5.07. The Morgan fingerprint density at radius 2 is 1.93 bits per heavy atom. The second kappa shape index (κ2) is 6.11. The van der Waals surface area contributed by atoms with Crippen molar-refractivity contribution in [2.24, 2.45) is 0 Å². The molecule has 0 saturated carbocycles. The monoisotopic (exact) mass is 233 g/mol. The maximum absolute atomic E-state index is 10.5. The molecule has 5 heteroatoms. The largest absolute Gasteiger partial charge is 0.301 e. The van der Waals surface area contributed by atoms with Gasteiger partial charge in [-0.3, -0.25) is 4.55 Å². The summed E-state index contributed by atoms with van der Waals surface area (Å²) in [7, 11) is -3.85. The van der Waals surface area contributed by atoms with Crippen molar-refractivity contribution in [3.63, 3.8) is 0 Å². The molecule has 0 bridgehead atoms. The van der Waals surface area contributed by atoms with Gasteiger partial charge in [-0.05, 0) is 25.8 Å². The van der Waals surface area contributed by atoms with Crippen LogP contribution < -0.4 is 5.32 Å². The molecule has 88 valence electrons. The van der Waals surface area contributed by atoms with E-state index in [-0.39, 0.29) is 11.3 Å². The van der Waals surface area contributed by atoms with E-state index in [1.54, 1.807) is 0 Å². The van der Waals surface area contributed by atoms with Gasteiger partial charge in [0, 0.05) is 0 Å². The van der Waals surface area contributed by atoms with E-state index < -0.39 is 10.1 Å². The van der Waals surface area contributed by atoms with Crippen molar-refractivity contribution in [2.45, 2.75) is 38.6 Å². The van der Waals surface area contributed by atoms with E-state index in [9.17, 15) is 8.42 Å². The van der Waals surface area contributed by atoms with Crippen LogP contribution in [0.2, 0.25) is 0 Å². The fourth-order valence-corrected chi connectivity index (χ4v) is 1.85. The summed E-state index contributed by atoms with van der Waals surface area (Å²) in [5, 5.41) is 3.14. The fraction of sp³-hybridized carbons (Fsp3) is 0.800. The lowest BCUT2D eigenvalue weighted by molar-refractivity contribution is 0.390. The van der Waals surface area contributed by atoms with Gasteiger partial charge in [0.2, 0.25) is 0 Å². The predicted octanol–water partition coefficient (Wildman–Crippen LogP) is 1.05. The van der Waals surface area contributed by atoms with Crippen LogP contribution in [0.4, 0.5) is 0 Å². The summed E-state index contributed by atoms with van der Waals surface area (Å²) in [6, 6.07) is 0. The maximum atomic E-state index is 10.5. The fourth-order valence-electron chi connectivity index (χ4n) is 1.34. The summed E-state index contributed by atoms with van der Waals surface area (Å²) in [5.74, 6) is 2.46. The number of nitrogens with one attached hydrogen (secondary N) is 1. The molecule has 0 amide bonds. The Balaban J connectivity index is 3.99. The molecule has 0 saturated heterocycles. The van der Waals surface area contributed by atoms with Gasteiger partial charge >= 0.3 is 0 Å². The van der Waals surface area contributed by atoms with E-state index in [4.69, 9.17) is 11.0 Å². The average molecular weight is 233 g/mol. The van der Waals surface area contributed by atoms with E-state index in [0.717, 1.165) is 12.8 Å². The van der Waals surface area contributed by atoms with Crippen LogP contribution in [0.25, 0.3) is 0 Å². The zero-order valence-corrected chi connectivity index (χ0v) is 10.1. The van der Waals surface area contributed by atoms with Gasteiger partial charge in [-0.15, -0.1) is 6.42 Å². The van der Waals surface area contributed by atoms with Gasteiger partial charge in [0.15, 0.2) is 0 Å². The molecule has 0 aromatic carbocycles. The minimum Gasteiger partial charge on any atom is -0.301 e. The number of rotatable bonds is 7. The SMILES string of the molecule is C#CC(CC)(CC)NCCCS(=O)(=O)O. The first kappa shape index (κ1) is 14.4. The van der Waals surface area contributed by atoms with Gasteiger partial charge in [0.05, 0.1) is 11.3 Å². The lowest BCUT2D eigenvalue weighted by Gasteiger charge is -2.27. The van der Waals surface area contributed by atoms with Crippen LogP contribution in [0.3, 0.4) is 0 Å². The topological polar surface area (TPSA) is 66.4 Å². The minimum absolute atomic E-state index is 0.228. The Morgan fingerprint density at radius 1 is 1.40 bits per heavy atom. The van der Waals surface area contributed by atoms with Gasteiger partial charge < -0.3 is 5.32 Å². The second-order valence-corrected chi connectivity index (χ2v) is 5.07. The molecule has 15 heavy (non-hydrogen) atoms. The summed E-state index contributed by atoms with van der Waals surface area (Å²) in [4.78, 5) is 0. The minimum atomic E-state index is -3.85. The Kier molecular flexibility index (Phi) is 5.88.